The summed E-state index contributed by atoms with van der Waals surface area (Å²) in [4.78, 5) is 16.7. The minimum atomic E-state index is -0.322. The van der Waals surface area contributed by atoms with Crippen molar-refractivity contribution in [3.63, 3.8) is 0 Å². The predicted octanol–water partition coefficient (Wildman–Crippen LogP) is 3.96. The molecule has 124 valence electrons. The van der Waals surface area contributed by atoms with Gasteiger partial charge in [0, 0.05) is 5.71 Å². The molecule has 0 atom stereocenters. The maximum atomic E-state index is 12.2. The molecule has 3 aromatic rings. The highest BCUT2D eigenvalue weighted by molar-refractivity contribution is 7.22. The van der Waals surface area contributed by atoms with Gasteiger partial charge >= 0.3 is 0 Å². The van der Waals surface area contributed by atoms with Gasteiger partial charge < -0.3 is 14.5 Å². The van der Waals surface area contributed by atoms with Gasteiger partial charge in [-0.05, 0) is 38.1 Å². The lowest BCUT2D eigenvalue weighted by molar-refractivity contribution is 0.0997. The van der Waals surface area contributed by atoms with Crippen LogP contribution in [0.2, 0.25) is 0 Å². The van der Waals surface area contributed by atoms with Crippen molar-refractivity contribution >= 4 is 44.0 Å². The van der Waals surface area contributed by atoms with Crippen molar-refractivity contribution in [1.29, 1.82) is 0 Å². The van der Waals surface area contributed by atoms with Crippen LogP contribution in [0, 0.1) is 0 Å². The number of carbonyl (C=O) groups is 1. The average Bonchev–Trinajstić information content (AvgIpc) is 3.23. The molecule has 1 amide bonds. The van der Waals surface area contributed by atoms with Gasteiger partial charge in [0.15, 0.2) is 5.76 Å². The number of benzene rings is 1. The molecule has 24 heavy (non-hydrogen) atoms. The third-order valence-corrected chi connectivity index (χ3v) is 4.09. The molecule has 0 bridgehead atoms. The Kier molecular flexibility index (Phi) is 4.48. The summed E-state index contributed by atoms with van der Waals surface area (Å²) in [6.07, 6.45) is 1.46. The molecule has 2 aromatic heterocycles. The molecule has 0 spiro atoms. The van der Waals surface area contributed by atoms with Crippen molar-refractivity contribution in [2.75, 3.05) is 17.9 Å². The zero-order valence-corrected chi connectivity index (χ0v) is 14.2. The number of ether oxygens (including phenoxy) is 1. The Morgan fingerprint density at radius 3 is 2.83 bits per heavy atom. The van der Waals surface area contributed by atoms with E-state index in [0.717, 1.165) is 10.4 Å². The van der Waals surface area contributed by atoms with Gasteiger partial charge in [-0.25, -0.2) is 4.98 Å². The molecule has 0 saturated carbocycles. The minimum Gasteiger partial charge on any atom is -0.494 e. The van der Waals surface area contributed by atoms with Gasteiger partial charge in [0.2, 0.25) is 5.13 Å². The lowest BCUT2D eigenvalue weighted by Crippen LogP contribution is -2.10. The topological polar surface area (TPSA) is 88.8 Å². The molecule has 2 heterocycles. The number of fused-ring (bicyclic) bond motifs is 1. The molecule has 8 heteroatoms. The number of rotatable bonds is 5. The molecule has 0 radical (unpaired) electrons. The van der Waals surface area contributed by atoms with E-state index >= 15 is 0 Å². The molecule has 0 aliphatic carbocycles. The number of hydrazone groups is 1. The highest BCUT2D eigenvalue weighted by Gasteiger charge is 2.16. The number of hydrogen-bond acceptors (Lipinski definition) is 7. The van der Waals surface area contributed by atoms with Crippen LogP contribution in [0.5, 0.6) is 5.75 Å². The highest BCUT2D eigenvalue weighted by Crippen LogP contribution is 2.37. The van der Waals surface area contributed by atoms with Crippen LogP contribution in [0.15, 0.2) is 40.0 Å². The van der Waals surface area contributed by atoms with Crippen LogP contribution in [0.4, 0.5) is 10.8 Å². The van der Waals surface area contributed by atoms with E-state index in [1.165, 1.54) is 17.6 Å². The minimum absolute atomic E-state index is 0.244. The molecule has 0 saturated heterocycles. The fourth-order valence-corrected chi connectivity index (χ4v) is 2.94. The summed E-state index contributed by atoms with van der Waals surface area (Å²) in [6.45, 7) is 3.77. The van der Waals surface area contributed by atoms with Crippen LogP contribution in [0.25, 0.3) is 10.2 Å². The Labute approximate surface area is 142 Å². The second-order valence-corrected chi connectivity index (χ2v) is 6.11. The average molecular weight is 344 g/mol. The number of furan rings is 1. The van der Waals surface area contributed by atoms with Crippen molar-refractivity contribution < 1.29 is 13.9 Å². The Balaban J connectivity index is 1.98. The van der Waals surface area contributed by atoms with Gasteiger partial charge in [-0.1, -0.05) is 11.3 Å². The molecule has 0 fully saturated rings. The first-order valence-corrected chi connectivity index (χ1v) is 7.99. The van der Waals surface area contributed by atoms with E-state index in [0.29, 0.717) is 22.1 Å². The Bertz CT molecular complexity index is 896. The maximum absolute atomic E-state index is 12.2. The summed E-state index contributed by atoms with van der Waals surface area (Å²) in [6, 6.07) is 6.81. The van der Waals surface area contributed by atoms with E-state index < -0.39 is 0 Å². The zero-order chi connectivity index (χ0) is 17.1. The third-order valence-electron chi connectivity index (χ3n) is 3.09. The molecule has 2 N–H and O–H groups in total. The van der Waals surface area contributed by atoms with Crippen LogP contribution in [0.3, 0.4) is 0 Å². The molecular weight excluding hydrogens is 328 g/mol. The van der Waals surface area contributed by atoms with E-state index in [9.17, 15) is 4.79 Å². The lowest BCUT2D eigenvalue weighted by Gasteiger charge is -2.06. The largest absolute Gasteiger partial charge is 0.494 e. The quantitative estimate of drug-likeness (QED) is 0.540. The van der Waals surface area contributed by atoms with Crippen LogP contribution < -0.4 is 15.5 Å². The van der Waals surface area contributed by atoms with Crippen molar-refractivity contribution in [1.82, 2.24) is 4.98 Å². The molecule has 7 nitrogen and oxygen atoms in total. The van der Waals surface area contributed by atoms with E-state index in [4.69, 9.17) is 9.15 Å². The van der Waals surface area contributed by atoms with Crippen molar-refractivity contribution in [3.05, 3.63) is 36.3 Å². The number of hydrogen-bond donors (Lipinski definition) is 2. The van der Waals surface area contributed by atoms with Gasteiger partial charge in [-0.2, -0.15) is 5.10 Å². The SMILES string of the molecule is COc1ccc(NC(=O)c2ccco2)c2sc(NN=C(C)C)nc12. The Morgan fingerprint density at radius 2 is 2.17 bits per heavy atom. The number of amides is 1. The van der Waals surface area contributed by atoms with Crippen LogP contribution in [0.1, 0.15) is 24.4 Å². The number of carbonyl (C=O) groups excluding carboxylic acids is 1. The fraction of sp³-hybridized carbons (Fsp3) is 0.188. The van der Waals surface area contributed by atoms with Crippen LogP contribution in [-0.4, -0.2) is 23.7 Å². The third kappa shape index (κ3) is 3.23. The van der Waals surface area contributed by atoms with Gasteiger partial charge in [0.25, 0.3) is 5.91 Å². The normalized spacial score (nSPS) is 10.5. The standard InChI is InChI=1S/C16H16N4O3S/c1-9(2)19-20-16-18-13-11(22-3)7-6-10(14(13)24-16)17-15(21)12-5-4-8-23-12/h4-8H,1-3H3,(H,17,21)(H,18,20). The first-order valence-electron chi connectivity index (χ1n) is 7.18. The van der Waals surface area contributed by atoms with Crippen LogP contribution >= 0.6 is 11.3 Å². The number of nitrogens with one attached hydrogen (secondary N) is 2. The van der Waals surface area contributed by atoms with E-state index in [2.05, 4.69) is 20.8 Å². The van der Waals surface area contributed by atoms with Crippen molar-refractivity contribution in [3.8, 4) is 5.75 Å². The van der Waals surface area contributed by atoms with E-state index in [-0.39, 0.29) is 11.7 Å². The number of aromatic nitrogens is 1. The number of methoxy groups -OCH3 is 1. The monoisotopic (exact) mass is 344 g/mol. The summed E-state index contributed by atoms with van der Waals surface area (Å²) < 4.78 is 11.3. The van der Waals surface area contributed by atoms with Gasteiger partial charge in [0.05, 0.1) is 23.8 Å². The number of thiazole rings is 1. The number of nitrogens with zero attached hydrogens (tertiary/aromatic N) is 2. The first-order chi connectivity index (χ1) is 11.6. The molecule has 0 aliphatic heterocycles. The molecule has 3 rings (SSSR count). The van der Waals surface area contributed by atoms with Gasteiger partial charge in [0.1, 0.15) is 11.3 Å². The van der Waals surface area contributed by atoms with E-state index in [1.54, 1.807) is 31.4 Å². The Hall–Kier alpha value is -2.87. The fourth-order valence-electron chi connectivity index (χ4n) is 2.05. The summed E-state index contributed by atoms with van der Waals surface area (Å²) in [5.74, 6) is 0.548. The molecule has 1 aromatic carbocycles. The second kappa shape index (κ2) is 6.71. The second-order valence-electron chi connectivity index (χ2n) is 5.11. The van der Waals surface area contributed by atoms with Crippen molar-refractivity contribution in [2.45, 2.75) is 13.8 Å². The summed E-state index contributed by atoms with van der Waals surface area (Å²) in [5, 5.41) is 7.60. The summed E-state index contributed by atoms with van der Waals surface area (Å²) >= 11 is 1.38. The number of anilines is 2. The summed E-state index contributed by atoms with van der Waals surface area (Å²) in [7, 11) is 1.58. The van der Waals surface area contributed by atoms with Crippen molar-refractivity contribution in [2.24, 2.45) is 5.10 Å². The Morgan fingerprint density at radius 1 is 1.33 bits per heavy atom. The van der Waals surface area contributed by atoms with Gasteiger partial charge in [-0.3, -0.25) is 10.2 Å². The zero-order valence-electron chi connectivity index (χ0n) is 13.4. The summed E-state index contributed by atoms with van der Waals surface area (Å²) in [5.41, 5.74) is 5.08. The van der Waals surface area contributed by atoms with Crippen LogP contribution in [-0.2, 0) is 0 Å². The van der Waals surface area contributed by atoms with E-state index in [1.807, 2.05) is 13.8 Å². The first kappa shape index (κ1) is 16.0. The molecule has 0 unspecified atom stereocenters. The predicted molar refractivity (Wildman–Crippen MR) is 95.2 cm³/mol. The molecular formula is C16H16N4O3S. The smallest absolute Gasteiger partial charge is 0.291 e. The highest BCUT2D eigenvalue weighted by atomic mass is 32.1. The maximum Gasteiger partial charge on any atom is 0.291 e. The molecule has 0 aliphatic rings. The van der Waals surface area contributed by atoms with Gasteiger partial charge in [-0.15, -0.1) is 0 Å². The lowest BCUT2D eigenvalue weighted by atomic mass is 10.2.